The molecule has 1 saturated heterocycles. The Hall–Kier alpha value is -0.0900. The van der Waals surface area contributed by atoms with Gasteiger partial charge in [0.05, 0.1) is 6.61 Å². The van der Waals surface area contributed by atoms with Crippen molar-refractivity contribution in [2.24, 2.45) is 5.41 Å². The van der Waals surface area contributed by atoms with Crippen LogP contribution in [-0.2, 0) is 9.53 Å². The lowest BCUT2D eigenvalue weighted by Gasteiger charge is -2.38. The Morgan fingerprint density at radius 1 is 1.24 bits per heavy atom. The molecule has 0 atom stereocenters. The molecule has 0 aromatic carbocycles. The fourth-order valence-corrected chi connectivity index (χ4v) is 3.67. The average Bonchev–Trinajstić information content (AvgIpc) is 2.58. The molecular formula is C13H22BrNO2. The smallest absolute Gasteiger partial charge is 0.248 e. The van der Waals surface area contributed by atoms with E-state index in [1.165, 1.54) is 38.5 Å². The second kappa shape index (κ2) is 6.19. The molecule has 0 radical (unpaired) electrons. The number of alkyl halides is 1. The summed E-state index contributed by atoms with van der Waals surface area (Å²) in [6.45, 7) is 2.66. The van der Waals surface area contributed by atoms with Gasteiger partial charge in [0.15, 0.2) is 0 Å². The number of hydrogen-bond acceptors (Lipinski definition) is 2. The van der Waals surface area contributed by atoms with Crippen LogP contribution in [0.5, 0.6) is 0 Å². The summed E-state index contributed by atoms with van der Waals surface area (Å²) < 4.78 is 5.19. The summed E-state index contributed by atoms with van der Waals surface area (Å²) in [5.74, 6) is 0.167. The molecule has 2 rings (SSSR count). The van der Waals surface area contributed by atoms with Crippen molar-refractivity contribution < 1.29 is 9.53 Å². The van der Waals surface area contributed by atoms with Crippen molar-refractivity contribution in [1.82, 2.24) is 4.90 Å². The number of amides is 1. The standard InChI is InChI=1S/C13H22BrNO2/c14-10-13(5-3-1-2-4-6-13)11-15-7-8-17-9-12(15)16/h1-11H2. The van der Waals surface area contributed by atoms with Gasteiger partial charge in [-0.2, -0.15) is 0 Å². The van der Waals surface area contributed by atoms with Gasteiger partial charge in [-0.25, -0.2) is 0 Å². The molecule has 3 nitrogen and oxygen atoms in total. The Balaban J connectivity index is 1.99. The first-order valence-electron chi connectivity index (χ1n) is 6.67. The molecule has 0 bridgehead atoms. The highest BCUT2D eigenvalue weighted by atomic mass is 79.9. The van der Waals surface area contributed by atoms with Crippen molar-refractivity contribution >= 4 is 21.8 Å². The molecule has 0 aromatic rings. The minimum Gasteiger partial charge on any atom is -0.370 e. The van der Waals surface area contributed by atoms with Crippen LogP contribution in [0.15, 0.2) is 0 Å². The molecule has 1 aliphatic carbocycles. The predicted octanol–water partition coefficient (Wildman–Crippen LogP) is 2.58. The first kappa shape index (κ1) is 13.3. The number of rotatable bonds is 3. The molecule has 17 heavy (non-hydrogen) atoms. The van der Waals surface area contributed by atoms with E-state index >= 15 is 0 Å². The Morgan fingerprint density at radius 2 is 1.94 bits per heavy atom. The fraction of sp³-hybridized carbons (Fsp3) is 0.923. The summed E-state index contributed by atoms with van der Waals surface area (Å²) in [5.41, 5.74) is 0.309. The summed E-state index contributed by atoms with van der Waals surface area (Å²) in [6, 6.07) is 0. The Kier molecular flexibility index (Phi) is 4.86. The third kappa shape index (κ3) is 3.44. The van der Waals surface area contributed by atoms with Crippen molar-refractivity contribution in [1.29, 1.82) is 0 Å². The number of hydrogen-bond donors (Lipinski definition) is 0. The molecule has 0 spiro atoms. The SMILES string of the molecule is O=C1COCCN1CC1(CBr)CCCCCC1. The van der Waals surface area contributed by atoms with Gasteiger partial charge in [-0.15, -0.1) is 0 Å². The second-order valence-electron chi connectivity index (χ2n) is 5.42. The minimum atomic E-state index is 0.167. The quantitative estimate of drug-likeness (QED) is 0.592. The van der Waals surface area contributed by atoms with Crippen LogP contribution in [0.4, 0.5) is 0 Å². The van der Waals surface area contributed by atoms with Gasteiger partial charge >= 0.3 is 0 Å². The van der Waals surface area contributed by atoms with Gasteiger partial charge in [0.1, 0.15) is 6.61 Å². The predicted molar refractivity (Wildman–Crippen MR) is 71.3 cm³/mol. The highest BCUT2D eigenvalue weighted by molar-refractivity contribution is 9.09. The van der Waals surface area contributed by atoms with Crippen LogP contribution in [0.1, 0.15) is 38.5 Å². The largest absolute Gasteiger partial charge is 0.370 e. The first-order valence-corrected chi connectivity index (χ1v) is 7.79. The molecule has 2 fully saturated rings. The van der Waals surface area contributed by atoms with Crippen LogP contribution in [0.25, 0.3) is 0 Å². The fourth-order valence-electron chi connectivity index (χ4n) is 2.93. The number of morpholine rings is 1. The number of carbonyl (C=O) groups is 1. The van der Waals surface area contributed by atoms with Crippen molar-refractivity contribution in [3.8, 4) is 0 Å². The number of halogens is 1. The van der Waals surface area contributed by atoms with Crippen LogP contribution < -0.4 is 0 Å². The molecule has 1 aliphatic heterocycles. The van der Waals surface area contributed by atoms with Crippen molar-refractivity contribution in [3.63, 3.8) is 0 Å². The number of carbonyl (C=O) groups excluding carboxylic acids is 1. The highest BCUT2D eigenvalue weighted by Crippen LogP contribution is 2.37. The maximum absolute atomic E-state index is 11.8. The first-order chi connectivity index (χ1) is 8.26. The lowest BCUT2D eigenvalue weighted by atomic mass is 9.82. The maximum Gasteiger partial charge on any atom is 0.248 e. The van der Waals surface area contributed by atoms with Crippen LogP contribution in [0, 0.1) is 5.41 Å². The van der Waals surface area contributed by atoms with E-state index in [1.807, 2.05) is 4.90 Å². The van der Waals surface area contributed by atoms with Crippen LogP contribution in [0.2, 0.25) is 0 Å². The van der Waals surface area contributed by atoms with E-state index < -0.39 is 0 Å². The topological polar surface area (TPSA) is 29.5 Å². The van der Waals surface area contributed by atoms with Crippen molar-refractivity contribution in [2.75, 3.05) is 31.6 Å². The second-order valence-corrected chi connectivity index (χ2v) is 5.98. The molecule has 1 saturated carbocycles. The van der Waals surface area contributed by atoms with Gasteiger partial charge < -0.3 is 9.64 Å². The summed E-state index contributed by atoms with van der Waals surface area (Å²) >= 11 is 3.68. The molecular weight excluding hydrogens is 282 g/mol. The van der Waals surface area contributed by atoms with Gasteiger partial charge in [-0.3, -0.25) is 4.79 Å². The third-order valence-corrected chi connectivity index (χ3v) is 5.25. The zero-order valence-electron chi connectivity index (χ0n) is 10.4. The van der Waals surface area contributed by atoms with Gasteiger partial charge in [-0.05, 0) is 18.3 Å². The molecule has 1 amide bonds. The van der Waals surface area contributed by atoms with E-state index in [0.29, 0.717) is 12.0 Å². The van der Waals surface area contributed by atoms with Crippen LogP contribution in [-0.4, -0.2) is 42.4 Å². The van der Waals surface area contributed by atoms with E-state index in [0.717, 1.165) is 18.4 Å². The minimum absolute atomic E-state index is 0.167. The van der Waals surface area contributed by atoms with Gasteiger partial charge in [-0.1, -0.05) is 41.6 Å². The molecule has 2 aliphatic rings. The Morgan fingerprint density at radius 3 is 2.53 bits per heavy atom. The van der Waals surface area contributed by atoms with E-state index in [-0.39, 0.29) is 12.5 Å². The van der Waals surface area contributed by atoms with E-state index in [9.17, 15) is 4.79 Å². The summed E-state index contributed by atoms with van der Waals surface area (Å²) in [4.78, 5) is 13.8. The maximum atomic E-state index is 11.8. The zero-order chi connectivity index (χ0) is 12.1. The number of nitrogens with zero attached hydrogens (tertiary/aromatic N) is 1. The molecule has 0 unspecified atom stereocenters. The summed E-state index contributed by atoms with van der Waals surface area (Å²) in [6.07, 6.45) is 7.83. The van der Waals surface area contributed by atoms with Gasteiger partial charge in [0, 0.05) is 18.4 Å². The highest BCUT2D eigenvalue weighted by Gasteiger charge is 2.34. The molecule has 98 valence electrons. The van der Waals surface area contributed by atoms with Crippen molar-refractivity contribution in [2.45, 2.75) is 38.5 Å². The number of ether oxygens (including phenoxy) is 1. The molecule has 0 N–H and O–H groups in total. The van der Waals surface area contributed by atoms with E-state index in [1.54, 1.807) is 0 Å². The van der Waals surface area contributed by atoms with Crippen molar-refractivity contribution in [3.05, 3.63) is 0 Å². The summed E-state index contributed by atoms with van der Waals surface area (Å²) in [5, 5.41) is 1.02. The molecule has 1 heterocycles. The van der Waals surface area contributed by atoms with Gasteiger partial charge in [0.2, 0.25) is 5.91 Å². The normalized spacial score (nSPS) is 25.7. The molecule has 0 aromatic heterocycles. The monoisotopic (exact) mass is 303 g/mol. The molecule has 4 heteroatoms. The third-order valence-electron chi connectivity index (χ3n) is 4.06. The van der Waals surface area contributed by atoms with Crippen LogP contribution in [0.3, 0.4) is 0 Å². The Labute approximate surface area is 112 Å². The van der Waals surface area contributed by atoms with Crippen LogP contribution >= 0.6 is 15.9 Å². The van der Waals surface area contributed by atoms with E-state index in [2.05, 4.69) is 15.9 Å². The van der Waals surface area contributed by atoms with E-state index in [4.69, 9.17) is 4.74 Å². The Bertz CT molecular complexity index is 262. The van der Waals surface area contributed by atoms with Gasteiger partial charge in [0.25, 0.3) is 0 Å². The lowest BCUT2D eigenvalue weighted by molar-refractivity contribution is -0.144. The summed E-state index contributed by atoms with van der Waals surface area (Å²) in [7, 11) is 0. The average molecular weight is 304 g/mol. The zero-order valence-corrected chi connectivity index (χ0v) is 12.0. The lowest BCUT2D eigenvalue weighted by Crippen LogP contribution is -2.48.